The lowest BCUT2D eigenvalue weighted by Gasteiger charge is -2.38. The van der Waals surface area contributed by atoms with Crippen molar-refractivity contribution in [3.8, 4) is 17.5 Å². The smallest absolute Gasteiger partial charge is 0.321 e. The molecule has 25 heavy (non-hydrogen) atoms. The molecule has 1 aromatic carbocycles. The summed E-state index contributed by atoms with van der Waals surface area (Å²) in [5, 5.41) is 0. The largest absolute Gasteiger partial charge is 0.484 e. The van der Waals surface area contributed by atoms with E-state index in [4.69, 9.17) is 9.47 Å². The number of likely N-dealkylation sites (tertiary alicyclic amines) is 1. The highest BCUT2D eigenvalue weighted by Crippen LogP contribution is 2.25. The third-order valence-electron chi connectivity index (χ3n) is 4.40. The summed E-state index contributed by atoms with van der Waals surface area (Å²) in [5.74, 6) is 1.17. The van der Waals surface area contributed by atoms with Crippen LogP contribution in [0.15, 0.2) is 42.7 Å². The molecule has 6 nitrogen and oxygen atoms in total. The summed E-state index contributed by atoms with van der Waals surface area (Å²) in [4.78, 5) is 22.5. The zero-order valence-corrected chi connectivity index (χ0v) is 14.6. The molecular weight excluding hydrogens is 318 g/mol. The van der Waals surface area contributed by atoms with Crippen LogP contribution in [0.25, 0.3) is 0 Å². The molecule has 0 N–H and O–H groups in total. The van der Waals surface area contributed by atoms with Crippen LogP contribution in [-0.4, -0.2) is 39.5 Å². The fourth-order valence-electron chi connectivity index (χ4n) is 3.20. The van der Waals surface area contributed by atoms with Crippen LogP contribution in [0.4, 0.5) is 0 Å². The van der Waals surface area contributed by atoms with Gasteiger partial charge in [-0.3, -0.25) is 4.79 Å². The minimum absolute atomic E-state index is 0.0254. The molecule has 6 heteroatoms. The van der Waals surface area contributed by atoms with E-state index in [-0.39, 0.29) is 30.6 Å². The van der Waals surface area contributed by atoms with Crippen molar-refractivity contribution in [2.24, 2.45) is 0 Å². The van der Waals surface area contributed by atoms with E-state index < -0.39 is 0 Å². The first kappa shape index (κ1) is 17.2. The van der Waals surface area contributed by atoms with Crippen LogP contribution in [0, 0.1) is 0 Å². The Labute approximate surface area is 147 Å². The van der Waals surface area contributed by atoms with Gasteiger partial charge in [0.2, 0.25) is 0 Å². The number of amides is 1. The number of aromatic nitrogens is 2. The van der Waals surface area contributed by atoms with Crippen LogP contribution in [-0.2, 0) is 4.79 Å². The van der Waals surface area contributed by atoms with Crippen LogP contribution in [0.5, 0.6) is 17.5 Å². The van der Waals surface area contributed by atoms with Gasteiger partial charge in [0.05, 0.1) is 0 Å². The summed E-state index contributed by atoms with van der Waals surface area (Å²) < 4.78 is 11.3. The minimum Gasteiger partial charge on any atom is -0.484 e. The maximum Gasteiger partial charge on any atom is 0.321 e. The minimum atomic E-state index is 0.0254. The molecule has 0 unspecified atom stereocenters. The molecule has 1 aromatic heterocycles. The molecular formula is C19H23N3O3. The zero-order chi connectivity index (χ0) is 17.6. The fourth-order valence-corrected chi connectivity index (χ4v) is 3.20. The average Bonchev–Trinajstić information content (AvgIpc) is 2.61. The van der Waals surface area contributed by atoms with Crippen molar-refractivity contribution in [1.29, 1.82) is 0 Å². The van der Waals surface area contributed by atoms with Gasteiger partial charge in [-0.1, -0.05) is 6.07 Å². The number of hydrogen-bond acceptors (Lipinski definition) is 5. The van der Waals surface area contributed by atoms with Crippen LogP contribution in [0.2, 0.25) is 0 Å². The van der Waals surface area contributed by atoms with Crippen LogP contribution < -0.4 is 9.47 Å². The van der Waals surface area contributed by atoms with Crippen LogP contribution >= 0.6 is 0 Å². The quantitative estimate of drug-likeness (QED) is 0.833. The van der Waals surface area contributed by atoms with Crippen molar-refractivity contribution in [3.05, 3.63) is 42.7 Å². The third kappa shape index (κ3) is 4.47. The number of benzene rings is 1. The molecule has 0 bridgehead atoms. The lowest BCUT2D eigenvalue weighted by Crippen LogP contribution is -2.49. The molecule has 1 aliphatic heterocycles. The SMILES string of the molecule is C[C@@H]1CCC[C@@H](C)N1C(=O)COc1cccc(Oc2ncccn2)c1. The maximum absolute atomic E-state index is 12.5. The van der Waals surface area contributed by atoms with Crippen molar-refractivity contribution in [2.75, 3.05) is 6.61 Å². The Balaban J connectivity index is 1.59. The van der Waals surface area contributed by atoms with Crippen molar-refractivity contribution < 1.29 is 14.3 Å². The number of ether oxygens (including phenoxy) is 2. The summed E-state index contributed by atoms with van der Waals surface area (Å²) >= 11 is 0. The van der Waals surface area contributed by atoms with Gasteiger partial charge in [0, 0.05) is 30.5 Å². The van der Waals surface area contributed by atoms with Gasteiger partial charge in [-0.25, -0.2) is 9.97 Å². The number of carbonyl (C=O) groups excluding carboxylic acids is 1. The van der Waals surface area contributed by atoms with Gasteiger partial charge in [-0.2, -0.15) is 0 Å². The standard InChI is InChI=1S/C19H23N3O3/c1-14-6-3-7-15(2)22(14)18(23)13-24-16-8-4-9-17(12-16)25-19-20-10-5-11-21-19/h4-5,8-12,14-15H,3,6-7,13H2,1-2H3/t14-,15-/m1/s1. The summed E-state index contributed by atoms with van der Waals surface area (Å²) in [6.45, 7) is 4.23. The predicted octanol–water partition coefficient (Wildman–Crippen LogP) is 3.44. The maximum atomic E-state index is 12.5. The summed E-state index contributed by atoms with van der Waals surface area (Å²) in [6.07, 6.45) is 6.51. The number of rotatable bonds is 5. The first-order chi connectivity index (χ1) is 12.1. The van der Waals surface area contributed by atoms with E-state index in [1.165, 1.54) is 6.42 Å². The summed E-state index contributed by atoms with van der Waals surface area (Å²) in [6, 6.07) is 9.66. The number of piperidine rings is 1. The van der Waals surface area contributed by atoms with E-state index in [2.05, 4.69) is 23.8 Å². The van der Waals surface area contributed by atoms with E-state index in [1.807, 2.05) is 11.0 Å². The van der Waals surface area contributed by atoms with Crippen LogP contribution in [0.1, 0.15) is 33.1 Å². The molecule has 0 spiro atoms. The molecule has 0 aliphatic carbocycles. The van der Waals surface area contributed by atoms with Crippen LogP contribution in [0.3, 0.4) is 0 Å². The fraction of sp³-hybridized carbons (Fsp3) is 0.421. The molecule has 1 amide bonds. The highest BCUT2D eigenvalue weighted by atomic mass is 16.5. The predicted molar refractivity (Wildman–Crippen MR) is 93.7 cm³/mol. The Morgan fingerprint density at radius 3 is 2.52 bits per heavy atom. The van der Waals surface area contributed by atoms with Crippen molar-refractivity contribution >= 4 is 5.91 Å². The zero-order valence-electron chi connectivity index (χ0n) is 14.6. The van der Waals surface area contributed by atoms with Gasteiger partial charge in [0.15, 0.2) is 6.61 Å². The van der Waals surface area contributed by atoms with Gasteiger partial charge in [0.1, 0.15) is 11.5 Å². The van der Waals surface area contributed by atoms with E-state index in [0.29, 0.717) is 11.5 Å². The second-order valence-electron chi connectivity index (χ2n) is 6.33. The molecule has 2 heterocycles. The second-order valence-corrected chi connectivity index (χ2v) is 6.33. The second kappa shape index (κ2) is 7.96. The molecule has 132 valence electrons. The Bertz CT molecular complexity index is 698. The summed E-state index contributed by atoms with van der Waals surface area (Å²) in [7, 11) is 0. The highest BCUT2D eigenvalue weighted by Gasteiger charge is 2.28. The topological polar surface area (TPSA) is 64.6 Å². The molecule has 3 rings (SSSR count). The molecule has 2 aromatic rings. The third-order valence-corrected chi connectivity index (χ3v) is 4.40. The van der Waals surface area contributed by atoms with Gasteiger partial charge < -0.3 is 14.4 Å². The lowest BCUT2D eigenvalue weighted by atomic mass is 9.97. The van der Waals surface area contributed by atoms with Gasteiger partial charge in [-0.15, -0.1) is 0 Å². The van der Waals surface area contributed by atoms with E-state index in [1.54, 1.807) is 36.7 Å². The van der Waals surface area contributed by atoms with E-state index in [9.17, 15) is 4.79 Å². The number of carbonyl (C=O) groups is 1. The van der Waals surface area contributed by atoms with E-state index >= 15 is 0 Å². The molecule has 1 saturated heterocycles. The highest BCUT2D eigenvalue weighted by molar-refractivity contribution is 5.78. The Hall–Kier alpha value is -2.63. The first-order valence-corrected chi connectivity index (χ1v) is 8.62. The summed E-state index contributed by atoms with van der Waals surface area (Å²) in [5.41, 5.74) is 0. The molecule has 0 saturated carbocycles. The average molecular weight is 341 g/mol. The van der Waals surface area contributed by atoms with Crippen molar-refractivity contribution in [3.63, 3.8) is 0 Å². The first-order valence-electron chi connectivity index (χ1n) is 8.62. The molecule has 2 atom stereocenters. The Kier molecular flexibility index (Phi) is 5.48. The molecule has 1 aliphatic rings. The number of nitrogens with zero attached hydrogens (tertiary/aromatic N) is 3. The van der Waals surface area contributed by atoms with Crippen molar-refractivity contribution in [2.45, 2.75) is 45.2 Å². The number of hydrogen-bond donors (Lipinski definition) is 0. The Morgan fingerprint density at radius 1 is 1.12 bits per heavy atom. The normalized spacial score (nSPS) is 20.2. The van der Waals surface area contributed by atoms with E-state index in [0.717, 1.165) is 12.8 Å². The van der Waals surface area contributed by atoms with Crippen molar-refractivity contribution in [1.82, 2.24) is 14.9 Å². The molecule has 1 fully saturated rings. The van der Waals surface area contributed by atoms with Gasteiger partial charge in [-0.05, 0) is 51.3 Å². The monoisotopic (exact) mass is 341 g/mol. The lowest BCUT2D eigenvalue weighted by molar-refractivity contribution is -0.139. The molecule has 0 radical (unpaired) electrons. The Morgan fingerprint density at radius 2 is 1.80 bits per heavy atom. The van der Waals surface area contributed by atoms with Gasteiger partial charge >= 0.3 is 6.01 Å². The van der Waals surface area contributed by atoms with Gasteiger partial charge in [0.25, 0.3) is 5.91 Å².